The molecule has 14 nitrogen and oxygen atoms in total. The number of nitrogens with zero attached hydrogens (tertiary/aromatic N) is 2. The lowest BCUT2D eigenvalue weighted by atomic mass is 9.94. The fourth-order valence-electron chi connectivity index (χ4n) is 5.98. The van der Waals surface area contributed by atoms with Crippen molar-refractivity contribution in [3.8, 4) is 16.9 Å². The SMILES string of the molecule is CCc1cc(-c2ccccc2OC2CC2)c(C2(OCc3cc(S(=O)(=O)N(C)CCCCNC(=O)NC[C@H](O)[C@@H](O)C(O)C(O)CO)ccc3Cl)CC2)cn1. The van der Waals surface area contributed by atoms with Crippen molar-refractivity contribution in [1.82, 2.24) is 19.9 Å². The number of halogens is 1. The molecule has 0 radical (unpaired) electrons. The third-order valence-electron chi connectivity index (χ3n) is 9.72. The van der Waals surface area contributed by atoms with Gasteiger partial charge in [-0.1, -0.05) is 36.7 Å². The quantitative estimate of drug-likeness (QED) is 0.0781. The van der Waals surface area contributed by atoms with E-state index in [4.69, 9.17) is 31.2 Å². The van der Waals surface area contributed by atoms with E-state index in [0.29, 0.717) is 23.4 Å². The molecule has 1 heterocycles. The summed E-state index contributed by atoms with van der Waals surface area (Å²) in [5, 5.41) is 53.1. The number of hydrogen-bond donors (Lipinski definition) is 7. The first-order chi connectivity index (χ1) is 25.8. The number of para-hydroxylation sites is 1. The number of urea groups is 1. The van der Waals surface area contributed by atoms with Crippen LogP contribution in [0.1, 0.15) is 62.3 Å². The Labute approximate surface area is 321 Å². The maximum absolute atomic E-state index is 13.5. The van der Waals surface area contributed by atoms with Gasteiger partial charge in [-0.2, -0.15) is 0 Å². The zero-order chi connectivity index (χ0) is 39.0. The van der Waals surface area contributed by atoms with E-state index >= 15 is 0 Å². The molecule has 2 aliphatic rings. The number of amides is 2. The van der Waals surface area contributed by atoms with Crippen molar-refractivity contribution in [2.24, 2.45) is 0 Å². The molecule has 7 N–H and O–H groups in total. The van der Waals surface area contributed by atoms with Crippen molar-refractivity contribution in [3.05, 3.63) is 76.6 Å². The summed E-state index contributed by atoms with van der Waals surface area (Å²) >= 11 is 6.58. The number of hydrogen-bond acceptors (Lipinski definition) is 11. The fourth-order valence-corrected chi connectivity index (χ4v) is 7.42. The Bertz CT molecular complexity index is 1840. The molecular formula is C38H51ClN4O10S. The number of sulfonamides is 1. The van der Waals surface area contributed by atoms with Crippen molar-refractivity contribution >= 4 is 27.7 Å². The normalized spacial score (nSPS) is 17.4. The molecule has 2 aliphatic carbocycles. The Kier molecular flexibility index (Phi) is 14.3. The summed E-state index contributed by atoms with van der Waals surface area (Å²) in [5.41, 5.74) is 3.87. The minimum atomic E-state index is -3.88. The standard InChI is InChI=1S/C38H51ClN4O10S/c1-3-25-19-29(28-8-4-5-9-34(28)53-26-10-11-26)30(20-41-25)38(14-15-38)52-23-24-18-27(12-13-31(24)39)54(50,51)43(2)17-7-6-16-40-37(49)42-21-32(45)35(47)36(48)33(46)22-44/h4-5,8-9,12-13,18-20,26,32-33,35-36,44-48H,3,6-7,10-11,14-17,21-23H2,1-2H3,(H2,40,42,49)/t32-,33?,35+,36?/m0/s1. The highest BCUT2D eigenvalue weighted by Gasteiger charge is 2.48. The first kappa shape index (κ1) is 41.8. The highest BCUT2D eigenvalue weighted by molar-refractivity contribution is 7.89. The van der Waals surface area contributed by atoms with Gasteiger partial charge < -0.3 is 45.6 Å². The molecule has 0 bridgehead atoms. The number of aliphatic hydroxyl groups is 5. The van der Waals surface area contributed by atoms with Crippen LogP contribution in [0.5, 0.6) is 5.75 Å². The van der Waals surface area contributed by atoms with Gasteiger partial charge in [0.15, 0.2) is 0 Å². The van der Waals surface area contributed by atoms with Gasteiger partial charge in [0.25, 0.3) is 0 Å². The van der Waals surface area contributed by atoms with Gasteiger partial charge in [-0.3, -0.25) is 4.98 Å². The van der Waals surface area contributed by atoms with Gasteiger partial charge in [0.05, 0.1) is 35.9 Å². The van der Waals surface area contributed by atoms with Crippen molar-refractivity contribution in [1.29, 1.82) is 0 Å². The molecule has 2 unspecified atom stereocenters. The Morgan fingerprint density at radius 1 is 1.02 bits per heavy atom. The topological polar surface area (TPSA) is 211 Å². The number of carbonyl (C=O) groups is 1. The zero-order valence-electron chi connectivity index (χ0n) is 30.5. The highest BCUT2D eigenvalue weighted by atomic mass is 35.5. The van der Waals surface area contributed by atoms with Gasteiger partial charge >= 0.3 is 6.03 Å². The van der Waals surface area contributed by atoms with E-state index < -0.39 is 59.2 Å². The van der Waals surface area contributed by atoms with E-state index in [2.05, 4.69) is 29.7 Å². The first-order valence-corrected chi connectivity index (χ1v) is 20.1. The minimum absolute atomic E-state index is 0.0773. The second-order valence-corrected chi connectivity index (χ2v) is 16.3. The molecule has 2 saturated carbocycles. The number of aliphatic hydroxyl groups excluding tert-OH is 5. The molecule has 0 saturated heterocycles. The number of benzene rings is 2. The molecular weight excluding hydrogens is 740 g/mol. The molecule has 5 rings (SSSR count). The smallest absolute Gasteiger partial charge is 0.314 e. The number of aromatic nitrogens is 1. The molecule has 0 spiro atoms. The summed E-state index contributed by atoms with van der Waals surface area (Å²) in [6, 6.07) is 14.1. The van der Waals surface area contributed by atoms with E-state index in [1.54, 1.807) is 12.1 Å². The zero-order valence-corrected chi connectivity index (χ0v) is 32.1. The van der Waals surface area contributed by atoms with E-state index in [-0.39, 0.29) is 30.7 Å². The number of ether oxygens (including phenoxy) is 2. The lowest BCUT2D eigenvalue weighted by molar-refractivity contribution is -0.113. The van der Waals surface area contributed by atoms with Crippen LogP contribution < -0.4 is 15.4 Å². The van der Waals surface area contributed by atoms with Crippen LogP contribution >= 0.6 is 11.6 Å². The van der Waals surface area contributed by atoms with Crippen molar-refractivity contribution < 1.29 is 48.2 Å². The monoisotopic (exact) mass is 790 g/mol. The van der Waals surface area contributed by atoms with Crippen LogP contribution in [0, 0.1) is 0 Å². The molecule has 1 aromatic heterocycles. The predicted molar refractivity (Wildman–Crippen MR) is 201 cm³/mol. The molecule has 2 amide bonds. The van der Waals surface area contributed by atoms with Crippen LogP contribution in [0.25, 0.3) is 11.1 Å². The molecule has 2 aromatic carbocycles. The van der Waals surface area contributed by atoms with Gasteiger partial charge in [0, 0.05) is 54.7 Å². The summed E-state index contributed by atoms with van der Waals surface area (Å²) in [5.74, 6) is 0.835. The van der Waals surface area contributed by atoms with Crippen molar-refractivity contribution in [2.45, 2.75) is 99.5 Å². The predicted octanol–water partition coefficient (Wildman–Crippen LogP) is 2.85. The van der Waals surface area contributed by atoms with Crippen molar-refractivity contribution in [2.75, 3.05) is 33.3 Å². The van der Waals surface area contributed by atoms with Gasteiger partial charge in [0.1, 0.15) is 24.1 Å². The maximum Gasteiger partial charge on any atom is 0.314 e. The van der Waals surface area contributed by atoms with E-state index in [9.17, 15) is 33.6 Å². The van der Waals surface area contributed by atoms with Crippen LogP contribution in [-0.4, -0.2) is 113 Å². The van der Waals surface area contributed by atoms with E-state index in [0.717, 1.165) is 60.2 Å². The highest BCUT2D eigenvalue weighted by Crippen LogP contribution is 2.53. The molecule has 3 aromatic rings. The molecule has 2 fully saturated rings. The number of aryl methyl sites for hydroxylation is 1. The van der Waals surface area contributed by atoms with Gasteiger partial charge in [-0.25, -0.2) is 17.5 Å². The lowest BCUT2D eigenvalue weighted by Gasteiger charge is -2.25. The van der Waals surface area contributed by atoms with E-state index in [1.807, 2.05) is 24.4 Å². The summed E-state index contributed by atoms with van der Waals surface area (Å²) in [4.78, 5) is 16.9. The summed E-state index contributed by atoms with van der Waals surface area (Å²) in [6.45, 7) is 1.30. The third kappa shape index (κ3) is 10.5. The molecule has 296 valence electrons. The minimum Gasteiger partial charge on any atom is -0.490 e. The van der Waals surface area contributed by atoms with Crippen LogP contribution in [-0.2, 0) is 33.4 Å². The number of pyridine rings is 1. The number of rotatable bonds is 21. The Balaban J connectivity index is 1.15. The summed E-state index contributed by atoms with van der Waals surface area (Å²) in [7, 11) is -2.40. The van der Waals surface area contributed by atoms with Gasteiger partial charge in [0.2, 0.25) is 10.0 Å². The Morgan fingerprint density at radius 3 is 2.43 bits per heavy atom. The van der Waals surface area contributed by atoms with Gasteiger partial charge in [-0.15, -0.1) is 0 Å². The Morgan fingerprint density at radius 2 is 1.74 bits per heavy atom. The lowest BCUT2D eigenvalue weighted by Crippen LogP contribution is -2.50. The summed E-state index contributed by atoms with van der Waals surface area (Å²) in [6.07, 6.45) is 0.589. The van der Waals surface area contributed by atoms with Crippen LogP contribution in [0.2, 0.25) is 5.02 Å². The molecule has 4 atom stereocenters. The fraction of sp³-hybridized carbons (Fsp3) is 0.526. The Hall–Kier alpha value is -3.38. The molecule has 0 aliphatic heterocycles. The van der Waals surface area contributed by atoms with Crippen molar-refractivity contribution in [3.63, 3.8) is 0 Å². The van der Waals surface area contributed by atoms with E-state index in [1.165, 1.54) is 17.4 Å². The first-order valence-electron chi connectivity index (χ1n) is 18.3. The largest absolute Gasteiger partial charge is 0.490 e. The average Bonchev–Trinajstić information content (AvgIpc) is 4.13. The van der Waals surface area contributed by atoms with Gasteiger partial charge in [-0.05, 0) is 86.4 Å². The maximum atomic E-state index is 13.5. The summed E-state index contributed by atoms with van der Waals surface area (Å²) < 4.78 is 41.2. The van der Waals surface area contributed by atoms with Crippen LogP contribution in [0.3, 0.4) is 0 Å². The second-order valence-electron chi connectivity index (χ2n) is 13.9. The van der Waals surface area contributed by atoms with Crippen LogP contribution in [0.4, 0.5) is 4.79 Å². The molecule has 16 heteroatoms. The number of carbonyl (C=O) groups excluding carboxylic acids is 1. The van der Waals surface area contributed by atoms with Crippen LogP contribution in [0.15, 0.2) is 59.6 Å². The third-order valence-corrected chi connectivity index (χ3v) is 11.9. The molecule has 54 heavy (non-hydrogen) atoms. The average molecular weight is 791 g/mol. The number of nitrogens with one attached hydrogen (secondary N) is 2. The second kappa shape index (κ2) is 18.5. The number of unbranched alkanes of at least 4 members (excludes halogenated alkanes) is 1.